The highest BCUT2D eigenvalue weighted by atomic mass is 16.2. The lowest BCUT2D eigenvalue weighted by Crippen LogP contribution is -2.37. The number of amides is 1. The van der Waals surface area contributed by atoms with E-state index in [9.17, 15) is 4.79 Å². The van der Waals surface area contributed by atoms with Crippen LogP contribution in [0.3, 0.4) is 0 Å². The monoisotopic (exact) mass is 322 g/mol. The van der Waals surface area contributed by atoms with Crippen LogP contribution in [0, 0.1) is 12.8 Å². The van der Waals surface area contributed by atoms with Crippen molar-refractivity contribution in [2.75, 3.05) is 24.5 Å². The summed E-state index contributed by atoms with van der Waals surface area (Å²) in [6.45, 7) is 7.63. The van der Waals surface area contributed by atoms with E-state index in [4.69, 9.17) is 0 Å². The molecule has 0 radical (unpaired) electrons. The zero-order chi connectivity index (χ0) is 16.9. The number of rotatable bonds is 5. The lowest BCUT2D eigenvalue weighted by molar-refractivity contribution is -0.122. The van der Waals surface area contributed by atoms with Crippen LogP contribution >= 0.6 is 0 Å². The van der Waals surface area contributed by atoms with Gasteiger partial charge >= 0.3 is 0 Å². The average molecular weight is 322 g/mol. The highest BCUT2D eigenvalue weighted by Gasteiger charge is 2.31. The first-order chi connectivity index (χ1) is 11.7. The second kappa shape index (κ2) is 7.63. The minimum Gasteiger partial charge on any atom is -0.312 e. The predicted molar refractivity (Wildman–Crippen MR) is 99.0 cm³/mol. The molecule has 0 aromatic heterocycles. The largest absolute Gasteiger partial charge is 0.312 e. The van der Waals surface area contributed by atoms with Gasteiger partial charge < -0.3 is 4.90 Å². The van der Waals surface area contributed by atoms with Crippen LogP contribution in [0.1, 0.15) is 24.5 Å². The Balaban J connectivity index is 1.65. The smallest absolute Gasteiger partial charge is 0.231 e. The van der Waals surface area contributed by atoms with Crippen LogP contribution in [0.4, 0.5) is 5.69 Å². The van der Waals surface area contributed by atoms with Gasteiger partial charge in [0.1, 0.15) is 0 Å². The van der Waals surface area contributed by atoms with Crippen LogP contribution in [0.5, 0.6) is 0 Å². The van der Waals surface area contributed by atoms with Crippen molar-refractivity contribution in [3.63, 3.8) is 0 Å². The van der Waals surface area contributed by atoms with Crippen LogP contribution in [-0.2, 0) is 11.3 Å². The van der Waals surface area contributed by atoms with E-state index in [0.29, 0.717) is 0 Å². The van der Waals surface area contributed by atoms with Crippen LogP contribution in [0.25, 0.3) is 0 Å². The molecule has 1 saturated heterocycles. The Morgan fingerprint density at radius 1 is 1.17 bits per heavy atom. The molecule has 3 nitrogen and oxygen atoms in total. The van der Waals surface area contributed by atoms with Crippen molar-refractivity contribution in [1.29, 1.82) is 0 Å². The number of carbonyl (C=O) groups is 1. The number of nitrogens with zero attached hydrogens (tertiary/aromatic N) is 2. The predicted octanol–water partition coefficient (Wildman–Crippen LogP) is 3.87. The maximum absolute atomic E-state index is 13.0. The number of hydrogen-bond acceptors (Lipinski definition) is 2. The van der Waals surface area contributed by atoms with Crippen LogP contribution in [0.15, 0.2) is 54.6 Å². The standard InChI is InChI=1S/C21H26N2O/c1-3-23(20-11-7-8-17(2)14-20)21(24)19-12-13-22(16-19)15-18-9-5-4-6-10-18/h4-11,14,19H,3,12-13,15-16H2,1-2H3. The zero-order valence-electron chi connectivity index (χ0n) is 14.6. The third-order valence-electron chi connectivity index (χ3n) is 4.77. The molecule has 2 aromatic carbocycles. The molecule has 0 aliphatic carbocycles. The van der Waals surface area contributed by atoms with E-state index in [1.54, 1.807) is 0 Å². The Hall–Kier alpha value is -2.13. The fourth-order valence-corrected chi connectivity index (χ4v) is 3.50. The van der Waals surface area contributed by atoms with Crippen LogP contribution < -0.4 is 4.90 Å². The molecule has 0 bridgehead atoms. The zero-order valence-corrected chi connectivity index (χ0v) is 14.6. The lowest BCUT2D eigenvalue weighted by atomic mass is 10.1. The molecule has 2 aromatic rings. The summed E-state index contributed by atoms with van der Waals surface area (Å²) >= 11 is 0. The van der Waals surface area contributed by atoms with Gasteiger partial charge in [0.2, 0.25) is 5.91 Å². The van der Waals surface area contributed by atoms with E-state index in [1.807, 2.05) is 23.1 Å². The quantitative estimate of drug-likeness (QED) is 0.834. The van der Waals surface area contributed by atoms with E-state index in [2.05, 4.69) is 55.1 Å². The molecule has 126 valence electrons. The molecule has 1 unspecified atom stereocenters. The molecule has 1 fully saturated rings. The first-order valence-electron chi connectivity index (χ1n) is 8.81. The minimum absolute atomic E-state index is 0.106. The van der Waals surface area contributed by atoms with E-state index in [0.717, 1.165) is 38.3 Å². The minimum atomic E-state index is 0.106. The lowest BCUT2D eigenvalue weighted by Gasteiger charge is -2.25. The van der Waals surface area contributed by atoms with E-state index < -0.39 is 0 Å². The summed E-state index contributed by atoms with van der Waals surface area (Å²) in [5.41, 5.74) is 3.52. The first-order valence-corrected chi connectivity index (χ1v) is 8.81. The van der Waals surface area contributed by atoms with E-state index in [-0.39, 0.29) is 11.8 Å². The number of likely N-dealkylation sites (tertiary alicyclic amines) is 1. The Kier molecular flexibility index (Phi) is 5.31. The molecule has 0 N–H and O–H groups in total. The molecule has 0 saturated carbocycles. The molecular weight excluding hydrogens is 296 g/mol. The molecule has 1 aliphatic heterocycles. The fourth-order valence-electron chi connectivity index (χ4n) is 3.50. The Bertz CT molecular complexity index is 683. The summed E-state index contributed by atoms with van der Waals surface area (Å²) in [7, 11) is 0. The second-order valence-electron chi connectivity index (χ2n) is 6.63. The molecule has 3 rings (SSSR count). The summed E-state index contributed by atoms with van der Waals surface area (Å²) < 4.78 is 0. The van der Waals surface area contributed by atoms with Gasteiger partial charge in [0.05, 0.1) is 5.92 Å². The van der Waals surface area contributed by atoms with Crippen molar-refractivity contribution in [2.24, 2.45) is 5.92 Å². The number of carbonyl (C=O) groups excluding carboxylic acids is 1. The van der Waals surface area contributed by atoms with Gasteiger partial charge in [-0.2, -0.15) is 0 Å². The van der Waals surface area contributed by atoms with Crippen molar-refractivity contribution in [3.8, 4) is 0 Å². The first kappa shape index (κ1) is 16.7. The van der Waals surface area contributed by atoms with Gasteiger partial charge in [0, 0.05) is 25.3 Å². The topological polar surface area (TPSA) is 23.6 Å². The molecule has 1 amide bonds. The third-order valence-corrected chi connectivity index (χ3v) is 4.77. The normalized spacial score (nSPS) is 17.8. The van der Waals surface area contributed by atoms with Crippen molar-refractivity contribution in [3.05, 3.63) is 65.7 Å². The maximum Gasteiger partial charge on any atom is 0.231 e. The fraction of sp³-hybridized carbons (Fsp3) is 0.381. The Morgan fingerprint density at radius 2 is 1.96 bits per heavy atom. The third kappa shape index (κ3) is 3.85. The molecule has 0 spiro atoms. The van der Waals surface area contributed by atoms with Gasteiger partial charge in [-0.1, -0.05) is 42.5 Å². The molecule has 1 atom stereocenters. The van der Waals surface area contributed by atoms with Gasteiger partial charge in [-0.05, 0) is 50.1 Å². The summed E-state index contributed by atoms with van der Waals surface area (Å²) in [5, 5.41) is 0. The molecule has 24 heavy (non-hydrogen) atoms. The van der Waals surface area contributed by atoms with E-state index >= 15 is 0 Å². The molecular formula is C21H26N2O. The summed E-state index contributed by atoms with van der Waals surface area (Å²) in [6.07, 6.45) is 0.952. The molecule has 3 heteroatoms. The number of hydrogen-bond donors (Lipinski definition) is 0. The Labute approximate surface area is 144 Å². The number of anilines is 1. The van der Waals surface area contributed by atoms with Crippen molar-refractivity contribution in [2.45, 2.75) is 26.8 Å². The van der Waals surface area contributed by atoms with Crippen molar-refractivity contribution < 1.29 is 4.79 Å². The number of benzene rings is 2. The Morgan fingerprint density at radius 3 is 2.67 bits per heavy atom. The highest BCUT2D eigenvalue weighted by molar-refractivity contribution is 5.95. The van der Waals surface area contributed by atoms with Crippen molar-refractivity contribution in [1.82, 2.24) is 4.90 Å². The van der Waals surface area contributed by atoms with Gasteiger partial charge in [-0.3, -0.25) is 9.69 Å². The van der Waals surface area contributed by atoms with Gasteiger partial charge in [-0.15, -0.1) is 0 Å². The summed E-state index contributed by atoms with van der Waals surface area (Å²) in [5.74, 6) is 0.368. The van der Waals surface area contributed by atoms with Gasteiger partial charge in [0.15, 0.2) is 0 Å². The summed E-state index contributed by atoms with van der Waals surface area (Å²) in [6, 6.07) is 18.7. The maximum atomic E-state index is 13.0. The average Bonchev–Trinajstić information content (AvgIpc) is 3.05. The van der Waals surface area contributed by atoms with Crippen LogP contribution in [0.2, 0.25) is 0 Å². The van der Waals surface area contributed by atoms with Crippen LogP contribution in [-0.4, -0.2) is 30.4 Å². The second-order valence-corrected chi connectivity index (χ2v) is 6.63. The van der Waals surface area contributed by atoms with E-state index in [1.165, 1.54) is 11.1 Å². The van der Waals surface area contributed by atoms with Crippen molar-refractivity contribution >= 4 is 11.6 Å². The summed E-state index contributed by atoms with van der Waals surface area (Å²) in [4.78, 5) is 17.3. The molecule has 1 heterocycles. The van der Waals surface area contributed by atoms with Gasteiger partial charge in [0.25, 0.3) is 0 Å². The molecule has 1 aliphatic rings. The number of aryl methyl sites for hydroxylation is 1. The highest BCUT2D eigenvalue weighted by Crippen LogP contribution is 2.24. The van der Waals surface area contributed by atoms with Gasteiger partial charge in [-0.25, -0.2) is 0 Å². The SMILES string of the molecule is CCN(C(=O)C1CCN(Cc2ccccc2)C1)c1cccc(C)c1.